The van der Waals surface area contributed by atoms with Crippen molar-refractivity contribution in [1.29, 1.82) is 0 Å². The number of aliphatic imine (C=N–C) groups is 2. The number of rotatable bonds is 6. The summed E-state index contributed by atoms with van der Waals surface area (Å²) in [5.74, 6) is 0.318. The van der Waals surface area contributed by atoms with Crippen LogP contribution in [-0.4, -0.2) is 66.1 Å². The quantitative estimate of drug-likeness (QED) is 0.741. The first-order chi connectivity index (χ1) is 14.3. The largest absolute Gasteiger partial charge is 0.381 e. The molecule has 0 unspecified atom stereocenters. The zero-order valence-corrected chi connectivity index (χ0v) is 18.1. The Labute approximate surface area is 177 Å². The van der Waals surface area contributed by atoms with E-state index in [2.05, 4.69) is 52.8 Å². The van der Waals surface area contributed by atoms with Gasteiger partial charge < -0.3 is 15.5 Å². The van der Waals surface area contributed by atoms with Crippen LogP contribution in [0.5, 0.6) is 0 Å². The Hall–Kier alpha value is -3.26. The Morgan fingerprint density at radius 1 is 1.40 bits per heavy atom. The summed E-state index contributed by atoms with van der Waals surface area (Å²) in [4.78, 5) is 24.2. The van der Waals surface area contributed by atoms with Crippen molar-refractivity contribution in [2.75, 3.05) is 27.7 Å². The number of hydrogen-bond acceptors (Lipinski definition) is 6. The molecule has 1 aliphatic rings. The van der Waals surface area contributed by atoms with Gasteiger partial charge in [0.25, 0.3) is 5.91 Å². The Balaban J connectivity index is 1.77. The number of aryl methyl sites for hydroxylation is 1. The third kappa shape index (κ3) is 4.65. The zero-order chi connectivity index (χ0) is 21.8. The van der Waals surface area contributed by atoms with E-state index in [0.29, 0.717) is 12.0 Å². The van der Waals surface area contributed by atoms with Gasteiger partial charge in [0.05, 0.1) is 11.8 Å². The molecule has 8 heteroatoms. The molecule has 0 fully saturated rings. The third-order valence-electron chi connectivity index (χ3n) is 5.20. The molecule has 3 rings (SSSR count). The van der Waals surface area contributed by atoms with Gasteiger partial charge in [-0.25, -0.2) is 14.7 Å². The number of fused-ring (bicyclic) bond motifs is 1. The normalized spacial score (nSPS) is 15.1. The summed E-state index contributed by atoms with van der Waals surface area (Å²) in [6.45, 7) is 7.80. The lowest BCUT2D eigenvalue weighted by molar-refractivity contribution is 0.0827. The first-order valence-corrected chi connectivity index (χ1v) is 9.85. The molecule has 1 amide bonds. The molecular formula is C22H29N7O. The average Bonchev–Trinajstić information content (AvgIpc) is 3.17. The SMILES string of the molecule is C=N/C(=C(/N)N=CCc1cc(C)c2c(c1)CN(C)CC2)n1cc(C(=O)N(C)C)cn1. The minimum atomic E-state index is -0.153. The summed E-state index contributed by atoms with van der Waals surface area (Å²) >= 11 is 0. The fourth-order valence-electron chi connectivity index (χ4n) is 3.65. The molecule has 158 valence electrons. The molecule has 0 spiro atoms. The van der Waals surface area contributed by atoms with Crippen LogP contribution in [0.2, 0.25) is 0 Å². The maximum atomic E-state index is 12.1. The highest BCUT2D eigenvalue weighted by molar-refractivity contribution is 5.93. The molecule has 0 bridgehead atoms. The molecule has 1 aromatic carbocycles. The van der Waals surface area contributed by atoms with Crippen LogP contribution in [-0.2, 0) is 19.4 Å². The van der Waals surface area contributed by atoms with Crippen molar-refractivity contribution in [2.45, 2.75) is 26.3 Å². The van der Waals surface area contributed by atoms with Gasteiger partial charge in [0.2, 0.25) is 0 Å². The molecule has 0 saturated heterocycles. The highest BCUT2D eigenvalue weighted by Gasteiger charge is 2.16. The molecular weight excluding hydrogens is 378 g/mol. The highest BCUT2D eigenvalue weighted by atomic mass is 16.2. The molecule has 1 aliphatic heterocycles. The number of nitrogens with zero attached hydrogens (tertiary/aromatic N) is 6. The fourth-order valence-corrected chi connectivity index (χ4v) is 3.65. The number of amides is 1. The van der Waals surface area contributed by atoms with E-state index in [4.69, 9.17) is 5.73 Å². The van der Waals surface area contributed by atoms with Crippen LogP contribution in [0.15, 0.2) is 40.3 Å². The van der Waals surface area contributed by atoms with Gasteiger partial charge in [0, 0.05) is 46.0 Å². The van der Waals surface area contributed by atoms with Gasteiger partial charge in [-0.05, 0) is 49.4 Å². The fraction of sp³-hybridized carbons (Fsp3) is 0.364. The Morgan fingerprint density at radius 2 is 2.17 bits per heavy atom. The minimum Gasteiger partial charge on any atom is -0.381 e. The van der Waals surface area contributed by atoms with Crippen LogP contribution in [0.25, 0.3) is 5.82 Å². The molecule has 0 saturated carbocycles. The predicted octanol–water partition coefficient (Wildman–Crippen LogP) is 1.94. The van der Waals surface area contributed by atoms with Crippen LogP contribution in [0.1, 0.15) is 32.6 Å². The number of nitrogens with two attached hydrogens (primary N) is 1. The number of carbonyl (C=O) groups is 1. The van der Waals surface area contributed by atoms with Crippen LogP contribution in [0.4, 0.5) is 0 Å². The molecule has 0 atom stereocenters. The number of benzene rings is 1. The molecule has 1 aromatic heterocycles. The number of carbonyl (C=O) groups excluding carboxylic acids is 1. The van der Waals surface area contributed by atoms with Gasteiger partial charge in [-0.3, -0.25) is 4.79 Å². The van der Waals surface area contributed by atoms with Gasteiger partial charge in [-0.15, -0.1) is 0 Å². The van der Waals surface area contributed by atoms with Crippen LogP contribution >= 0.6 is 0 Å². The summed E-state index contributed by atoms with van der Waals surface area (Å²) in [6.07, 6.45) is 6.56. The summed E-state index contributed by atoms with van der Waals surface area (Å²) < 4.78 is 1.41. The summed E-state index contributed by atoms with van der Waals surface area (Å²) in [7, 11) is 5.51. The molecule has 2 aromatic rings. The maximum Gasteiger partial charge on any atom is 0.256 e. The van der Waals surface area contributed by atoms with E-state index in [-0.39, 0.29) is 17.5 Å². The lowest BCUT2D eigenvalue weighted by Crippen LogP contribution is -2.27. The summed E-state index contributed by atoms with van der Waals surface area (Å²) in [5.41, 5.74) is 11.9. The van der Waals surface area contributed by atoms with E-state index in [1.807, 2.05) is 0 Å². The van der Waals surface area contributed by atoms with Gasteiger partial charge in [0.15, 0.2) is 11.6 Å². The molecule has 0 radical (unpaired) electrons. The average molecular weight is 408 g/mol. The van der Waals surface area contributed by atoms with E-state index >= 15 is 0 Å². The van der Waals surface area contributed by atoms with Crippen LogP contribution < -0.4 is 5.73 Å². The van der Waals surface area contributed by atoms with Gasteiger partial charge in [0.1, 0.15) is 0 Å². The Morgan fingerprint density at radius 3 is 2.87 bits per heavy atom. The predicted molar refractivity (Wildman–Crippen MR) is 121 cm³/mol. The van der Waals surface area contributed by atoms with Gasteiger partial charge in [-0.1, -0.05) is 12.1 Å². The third-order valence-corrected chi connectivity index (χ3v) is 5.20. The van der Waals surface area contributed by atoms with E-state index in [1.165, 1.54) is 38.0 Å². The van der Waals surface area contributed by atoms with Crippen molar-refractivity contribution < 1.29 is 4.79 Å². The summed E-state index contributed by atoms with van der Waals surface area (Å²) in [6, 6.07) is 4.47. The van der Waals surface area contributed by atoms with Gasteiger partial charge in [-0.2, -0.15) is 5.10 Å². The first-order valence-electron chi connectivity index (χ1n) is 9.85. The molecule has 8 nitrogen and oxygen atoms in total. The van der Waals surface area contributed by atoms with Crippen molar-refractivity contribution in [3.05, 3.63) is 58.2 Å². The van der Waals surface area contributed by atoms with Crippen molar-refractivity contribution in [3.8, 4) is 0 Å². The molecule has 2 N–H and O–H groups in total. The molecule has 2 heterocycles. The van der Waals surface area contributed by atoms with Crippen LogP contribution in [0.3, 0.4) is 0 Å². The second kappa shape index (κ2) is 9.04. The van der Waals surface area contributed by atoms with E-state index < -0.39 is 0 Å². The lowest BCUT2D eigenvalue weighted by Gasteiger charge is -2.26. The van der Waals surface area contributed by atoms with Crippen molar-refractivity contribution >= 4 is 24.7 Å². The second-order valence-corrected chi connectivity index (χ2v) is 7.79. The molecule has 30 heavy (non-hydrogen) atoms. The number of aromatic nitrogens is 2. The molecule has 0 aliphatic carbocycles. The lowest BCUT2D eigenvalue weighted by atomic mass is 9.92. The maximum absolute atomic E-state index is 12.1. The Kier molecular flexibility index (Phi) is 6.47. The zero-order valence-electron chi connectivity index (χ0n) is 18.1. The van der Waals surface area contributed by atoms with E-state index in [0.717, 1.165) is 19.5 Å². The standard InChI is InChI=1S/C22H29N7O/c1-15-10-16(11-17-13-28(5)9-7-19(15)17)6-8-25-20(23)21(24-2)29-14-18(12-26-29)22(30)27(3)4/h8,10-12,14H,2,6-7,9,13,23H2,1,3-5H3/b21-20+,25-8?. The highest BCUT2D eigenvalue weighted by Crippen LogP contribution is 2.23. The number of likely N-dealkylation sites (N-methyl/N-ethyl adjacent to an activating group) is 1. The van der Waals surface area contributed by atoms with Crippen molar-refractivity contribution in [2.24, 2.45) is 15.7 Å². The summed E-state index contributed by atoms with van der Waals surface area (Å²) in [5, 5.41) is 4.16. The Bertz CT molecular complexity index is 1020. The van der Waals surface area contributed by atoms with E-state index in [9.17, 15) is 4.79 Å². The smallest absolute Gasteiger partial charge is 0.256 e. The topological polar surface area (TPSA) is 92.1 Å². The number of hydrogen-bond donors (Lipinski definition) is 1. The van der Waals surface area contributed by atoms with Gasteiger partial charge >= 0.3 is 0 Å². The minimum absolute atomic E-state index is 0.153. The van der Waals surface area contributed by atoms with Crippen molar-refractivity contribution in [3.63, 3.8) is 0 Å². The monoisotopic (exact) mass is 407 g/mol. The van der Waals surface area contributed by atoms with E-state index in [1.54, 1.807) is 26.5 Å². The van der Waals surface area contributed by atoms with Crippen molar-refractivity contribution in [1.82, 2.24) is 19.6 Å². The second-order valence-electron chi connectivity index (χ2n) is 7.79. The first kappa shape index (κ1) is 21.4. The van der Waals surface area contributed by atoms with Crippen LogP contribution in [0, 0.1) is 6.92 Å².